The van der Waals surface area contributed by atoms with Crippen LogP contribution in [-0.2, 0) is 0 Å². The third-order valence-corrected chi connectivity index (χ3v) is 3.10. The fraction of sp³-hybridized carbons (Fsp3) is 0.364. The molecule has 0 amide bonds. The summed E-state index contributed by atoms with van der Waals surface area (Å²) in [4.78, 5) is 0. The monoisotopic (exact) mass is 256 g/mol. The summed E-state index contributed by atoms with van der Waals surface area (Å²) < 4.78 is 39.8. The van der Waals surface area contributed by atoms with Gasteiger partial charge in [-0.05, 0) is 24.6 Å². The largest absolute Gasteiger partial charge is 0.410 e. The normalized spacial score (nSPS) is 19.6. The summed E-state index contributed by atoms with van der Waals surface area (Å²) >= 11 is 0. The van der Waals surface area contributed by atoms with Gasteiger partial charge in [-0.1, -0.05) is 0 Å². The van der Waals surface area contributed by atoms with Gasteiger partial charge in [-0.2, -0.15) is 18.3 Å². The highest BCUT2D eigenvalue weighted by Crippen LogP contribution is 2.40. The van der Waals surface area contributed by atoms with E-state index in [1.807, 2.05) is 0 Å². The summed E-state index contributed by atoms with van der Waals surface area (Å²) in [6, 6.07) is 3.33. The first-order valence-corrected chi connectivity index (χ1v) is 5.55. The van der Waals surface area contributed by atoms with E-state index in [1.165, 1.54) is 0 Å². The average molecular weight is 256 g/mol. The first-order chi connectivity index (χ1) is 8.47. The van der Waals surface area contributed by atoms with Crippen LogP contribution >= 0.6 is 0 Å². The minimum absolute atomic E-state index is 0.0139. The van der Waals surface area contributed by atoms with Gasteiger partial charge in [0, 0.05) is 17.6 Å². The van der Waals surface area contributed by atoms with Gasteiger partial charge in [0.1, 0.15) is 5.82 Å². The maximum atomic E-state index is 12.9. The summed E-state index contributed by atoms with van der Waals surface area (Å²) in [7, 11) is 0. The molecule has 18 heavy (non-hydrogen) atoms. The first kappa shape index (κ1) is 11.2. The number of anilines is 2. The molecule has 0 spiro atoms. The van der Waals surface area contributed by atoms with Gasteiger partial charge in [-0.25, -0.2) is 4.68 Å². The molecule has 0 saturated heterocycles. The van der Waals surface area contributed by atoms with Crippen molar-refractivity contribution in [3.8, 4) is 0 Å². The third-order valence-electron chi connectivity index (χ3n) is 3.10. The lowest BCUT2D eigenvalue weighted by Gasteiger charge is -2.27. The molecular weight excluding hydrogens is 245 g/mol. The lowest BCUT2D eigenvalue weighted by Crippen LogP contribution is -2.33. The maximum absolute atomic E-state index is 12.9. The van der Waals surface area contributed by atoms with E-state index < -0.39 is 12.2 Å². The number of hydrogen-bond donors (Lipinski definition) is 2. The smallest absolute Gasteiger partial charge is 0.399 e. The molecule has 1 aliphatic heterocycles. The van der Waals surface area contributed by atoms with Crippen molar-refractivity contribution >= 4 is 22.4 Å². The summed E-state index contributed by atoms with van der Waals surface area (Å²) in [5.74, 6) is 0.394. The number of alkyl halides is 3. The molecule has 0 aliphatic carbocycles. The molecule has 2 heterocycles. The Morgan fingerprint density at radius 3 is 2.89 bits per heavy atom. The number of nitrogen functional groups attached to an aromatic ring is 1. The molecule has 0 bridgehead atoms. The lowest BCUT2D eigenvalue weighted by molar-refractivity contribution is -0.171. The van der Waals surface area contributed by atoms with Crippen LogP contribution in [0, 0.1) is 0 Å². The van der Waals surface area contributed by atoms with Crippen LogP contribution in [0.5, 0.6) is 0 Å². The SMILES string of the molecule is Nc1ccc2nn3c(c2c1)NCCC3C(F)(F)F. The molecule has 1 aliphatic rings. The highest BCUT2D eigenvalue weighted by atomic mass is 19.4. The summed E-state index contributed by atoms with van der Waals surface area (Å²) in [6.07, 6.45) is -4.30. The third kappa shape index (κ3) is 1.58. The van der Waals surface area contributed by atoms with Gasteiger partial charge in [0.2, 0.25) is 0 Å². The molecule has 1 atom stereocenters. The van der Waals surface area contributed by atoms with Crippen molar-refractivity contribution in [2.75, 3.05) is 17.6 Å². The van der Waals surface area contributed by atoms with E-state index in [0.29, 0.717) is 22.4 Å². The van der Waals surface area contributed by atoms with Crippen LogP contribution in [0.4, 0.5) is 24.7 Å². The highest BCUT2D eigenvalue weighted by Gasteiger charge is 2.44. The van der Waals surface area contributed by atoms with Gasteiger partial charge in [0.15, 0.2) is 6.04 Å². The van der Waals surface area contributed by atoms with Gasteiger partial charge in [-0.15, -0.1) is 0 Å². The van der Waals surface area contributed by atoms with Crippen LogP contribution in [0.15, 0.2) is 18.2 Å². The van der Waals surface area contributed by atoms with Gasteiger partial charge in [-0.3, -0.25) is 0 Å². The van der Waals surface area contributed by atoms with E-state index in [9.17, 15) is 13.2 Å². The molecule has 3 rings (SSSR count). The minimum Gasteiger partial charge on any atom is -0.399 e. The standard InChI is InChI=1S/C11H11F3N4/c12-11(13,14)9-3-4-16-10-7-5-6(15)1-2-8(7)17-18(9)10/h1-2,5,9,16H,3-4,15H2. The molecule has 4 nitrogen and oxygen atoms in total. The van der Waals surface area contributed by atoms with Crippen LogP contribution in [0.1, 0.15) is 12.5 Å². The number of hydrogen-bond acceptors (Lipinski definition) is 3. The van der Waals surface area contributed by atoms with Crippen molar-refractivity contribution in [3.63, 3.8) is 0 Å². The molecule has 7 heteroatoms. The van der Waals surface area contributed by atoms with Gasteiger partial charge in [0.25, 0.3) is 0 Å². The van der Waals surface area contributed by atoms with E-state index >= 15 is 0 Å². The number of benzene rings is 1. The quantitative estimate of drug-likeness (QED) is 0.712. The van der Waals surface area contributed by atoms with E-state index in [4.69, 9.17) is 5.73 Å². The Morgan fingerprint density at radius 1 is 1.39 bits per heavy atom. The zero-order valence-corrected chi connectivity index (χ0v) is 9.33. The van der Waals surface area contributed by atoms with Crippen molar-refractivity contribution in [2.45, 2.75) is 18.6 Å². The number of aromatic nitrogens is 2. The fourth-order valence-electron chi connectivity index (χ4n) is 2.27. The van der Waals surface area contributed by atoms with Gasteiger partial charge >= 0.3 is 6.18 Å². The Labute approximate surface area is 101 Å². The van der Waals surface area contributed by atoms with Crippen molar-refractivity contribution < 1.29 is 13.2 Å². The summed E-state index contributed by atoms with van der Waals surface area (Å²) in [6.45, 7) is 0.278. The van der Waals surface area contributed by atoms with Crippen LogP contribution in [0.2, 0.25) is 0 Å². The molecule has 1 aromatic heterocycles. The first-order valence-electron chi connectivity index (χ1n) is 5.55. The number of nitrogens with zero attached hydrogens (tertiary/aromatic N) is 2. The Bertz CT molecular complexity index is 602. The fourth-order valence-corrected chi connectivity index (χ4v) is 2.27. The van der Waals surface area contributed by atoms with Crippen LogP contribution in [-0.4, -0.2) is 22.5 Å². The number of fused-ring (bicyclic) bond motifs is 3. The zero-order valence-electron chi connectivity index (χ0n) is 9.33. The zero-order chi connectivity index (χ0) is 12.9. The second kappa shape index (κ2) is 3.54. The van der Waals surface area contributed by atoms with E-state index in [-0.39, 0.29) is 13.0 Å². The van der Waals surface area contributed by atoms with E-state index in [2.05, 4.69) is 10.4 Å². The Morgan fingerprint density at radius 2 is 2.17 bits per heavy atom. The Kier molecular flexibility index (Phi) is 2.20. The Balaban J connectivity index is 2.22. The van der Waals surface area contributed by atoms with Crippen molar-refractivity contribution in [1.29, 1.82) is 0 Å². The highest BCUT2D eigenvalue weighted by molar-refractivity contribution is 5.92. The molecule has 1 unspecified atom stereocenters. The number of nitrogens with one attached hydrogen (secondary N) is 1. The number of halogens is 3. The molecular formula is C11H11F3N4. The van der Waals surface area contributed by atoms with Crippen molar-refractivity contribution in [2.24, 2.45) is 0 Å². The molecule has 96 valence electrons. The molecule has 0 radical (unpaired) electrons. The van der Waals surface area contributed by atoms with Crippen molar-refractivity contribution in [1.82, 2.24) is 9.78 Å². The second-order valence-corrected chi connectivity index (χ2v) is 4.34. The average Bonchev–Trinajstić information content (AvgIpc) is 2.65. The number of rotatable bonds is 0. The van der Waals surface area contributed by atoms with Crippen molar-refractivity contribution in [3.05, 3.63) is 18.2 Å². The van der Waals surface area contributed by atoms with Gasteiger partial charge < -0.3 is 11.1 Å². The van der Waals surface area contributed by atoms with E-state index in [0.717, 1.165) is 4.68 Å². The molecule has 0 saturated carbocycles. The van der Waals surface area contributed by atoms with E-state index in [1.54, 1.807) is 18.2 Å². The predicted molar refractivity (Wildman–Crippen MR) is 62.3 cm³/mol. The summed E-state index contributed by atoms with van der Waals surface area (Å²) in [5.41, 5.74) is 6.67. The second-order valence-electron chi connectivity index (χ2n) is 4.34. The minimum atomic E-state index is -4.29. The lowest BCUT2D eigenvalue weighted by atomic mass is 10.1. The molecule has 0 fully saturated rings. The predicted octanol–water partition coefficient (Wildman–Crippen LogP) is 2.54. The Hall–Kier alpha value is -1.92. The van der Waals surface area contributed by atoms with Gasteiger partial charge in [0.05, 0.1) is 5.52 Å². The number of nitrogens with two attached hydrogens (primary N) is 1. The van der Waals surface area contributed by atoms with Crippen LogP contribution in [0.3, 0.4) is 0 Å². The maximum Gasteiger partial charge on any atom is 0.410 e. The molecule has 3 N–H and O–H groups in total. The molecule has 2 aromatic rings. The summed E-state index contributed by atoms with van der Waals surface area (Å²) in [5, 5.41) is 7.61. The van der Waals surface area contributed by atoms with Crippen LogP contribution < -0.4 is 11.1 Å². The topological polar surface area (TPSA) is 55.9 Å². The van der Waals surface area contributed by atoms with Crippen LogP contribution in [0.25, 0.3) is 10.9 Å². The molecule has 1 aromatic carbocycles.